The highest BCUT2D eigenvalue weighted by Crippen LogP contribution is 2.39. The Bertz CT molecular complexity index is 1220. The van der Waals surface area contributed by atoms with E-state index < -0.39 is 10.0 Å². The number of aromatic hydroxyl groups is 2. The molecule has 1 aliphatic heterocycles. The zero-order chi connectivity index (χ0) is 33.1. The minimum Gasteiger partial charge on any atom is -0.508 e. The van der Waals surface area contributed by atoms with Crippen molar-refractivity contribution in [3.05, 3.63) is 66.7 Å². The van der Waals surface area contributed by atoms with E-state index in [1.54, 1.807) is 18.2 Å². The van der Waals surface area contributed by atoms with Crippen molar-refractivity contribution in [3.8, 4) is 11.5 Å². The predicted octanol–water partition coefficient (Wildman–Crippen LogP) is 8.33. The summed E-state index contributed by atoms with van der Waals surface area (Å²) in [5.41, 5.74) is 2.61. The zero-order valence-electron chi connectivity index (χ0n) is 28.1. The molecule has 0 spiro atoms. The molecule has 3 aliphatic rings. The first-order valence-corrected chi connectivity index (χ1v) is 18.1. The highest BCUT2D eigenvalue weighted by Gasteiger charge is 2.36. The minimum absolute atomic E-state index is 0.0661. The second-order valence-electron chi connectivity index (χ2n) is 11.4. The first-order valence-electron chi connectivity index (χ1n) is 16.6. The fourth-order valence-corrected chi connectivity index (χ4v) is 6.97. The number of para-hydroxylation sites is 1. The number of benzene rings is 2. The van der Waals surface area contributed by atoms with Gasteiger partial charge in [0.05, 0.1) is 5.84 Å². The molecule has 248 valence electrons. The van der Waals surface area contributed by atoms with Crippen molar-refractivity contribution in [2.45, 2.75) is 116 Å². The lowest BCUT2D eigenvalue weighted by Crippen LogP contribution is -2.32. The number of phenols is 2. The van der Waals surface area contributed by atoms with E-state index in [9.17, 15) is 18.6 Å². The summed E-state index contributed by atoms with van der Waals surface area (Å²) < 4.78 is 27.7. The van der Waals surface area contributed by atoms with Gasteiger partial charge in [-0.2, -0.15) is 0 Å². The van der Waals surface area contributed by atoms with Crippen molar-refractivity contribution < 1.29 is 18.6 Å². The second kappa shape index (κ2) is 21.0. The van der Waals surface area contributed by atoms with Crippen molar-refractivity contribution in [2.24, 2.45) is 16.8 Å². The summed E-state index contributed by atoms with van der Waals surface area (Å²) in [4.78, 5) is 4.87. The van der Waals surface area contributed by atoms with E-state index >= 15 is 0 Å². The quantitative estimate of drug-likeness (QED) is 0.240. The van der Waals surface area contributed by atoms with Crippen molar-refractivity contribution in [1.82, 2.24) is 10.0 Å². The predicted molar refractivity (Wildman–Crippen MR) is 186 cm³/mol. The van der Waals surface area contributed by atoms with E-state index in [0.29, 0.717) is 36.1 Å². The number of nitrogens with one attached hydrogen (secondary N) is 2. The number of nitrogens with zero attached hydrogens (tertiary/aromatic N) is 1. The number of hydrogen-bond acceptors (Lipinski definition) is 5. The van der Waals surface area contributed by atoms with Crippen molar-refractivity contribution in [3.63, 3.8) is 0 Å². The van der Waals surface area contributed by atoms with Crippen LogP contribution in [0.4, 0.5) is 0 Å². The van der Waals surface area contributed by atoms with Crippen LogP contribution in [0.15, 0.2) is 65.5 Å². The Labute approximate surface area is 268 Å². The maximum absolute atomic E-state index is 12.5. The van der Waals surface area contributed by atoms with Crippen molar-refractivity contribution in [2.75, 3.05) is 13.1 Å². The van der Waals surface area contributed by atoms with Gasteiger partial charge in [-0.25, -0.2) is 13.1 Å². The van der Waals surface area contributed by atoms with E-state index in [0.717, 1.165) is 57.3 Å². The third-order valence-electron chi connectivity index (χ3n) is 7.73. The van der Waals surface area contributed by atoms with Crippen LogP contribution in [0, 0.1) is 11.8 Å². The molecule has 5 rings (SSSR count). The molecule has 8 heteroatoms. The first-order chi connectivity index (χ1) is 21.2. The fourth-order valence-electron chi connectivity index (χ4n) is 5.76. The summed E-state index contributed by atoms with van der Waals surface area (Å²) >= 11 is 0. The number of rotatable bonds is 6. The Morgan fingerprint density at radius 3 is 2.11 bits per heavy atom. The van der Waals surface area contributed by atoms with Crippen molar-refractivity contribution in [1.29, 1.82) is 0 Å². The monoisotopic (exact) mass is 629 g/mol. The summed E-state index contributed by atoms with van der Waals surface area (Å²) in [7, 11) is -3.70. The molecule has 0 amide bonds. The van der Waals surface area contributed by atoms with Gasteiger partial charge in [0.25, 0.3) is 0 Å². The van der Waals surface area contributed by atoms with E-state index in [4.69, 9.17) is 4.99 Å². The molecule has 4 N–H and O–H groups in total. The van der Waals surface area contributed by atoms with Gasteiger partial charge in [-0.3, -0.25) is 4.99 Å². The van der Waals surface area contributed by atoms with Gasteiger partial charge >= 0.3 is 0 Å². The molecule has 0 radical (unpaired) electrons. The van der Waals surface area contributed by atoms with Crippen LogP contribution in [0.25, 0.3) is 0 Å². The van der Waals surface area contributed by atoms with Gasteiger partial charge in [0.2, 0.25) is 10.0 Å². The number of aliphatic imine (C=N–C) groups is 1. The van der Waals surface area contributed by atoms with Crippen LogP contribution in [0.2, 0.25) is 0 Å². The highest BCUT2D eigenvalue weighted by molar-refractivity contribution is 7.89. The van der Waals surface area contributed by atoms with E-state index in [-0.39, 0.29) is 10.6 Å². The fraction of sp³-hybridized carbons (Fsp3) is 0.583. The Balaban J connectivity index is 0.000000868. The van der Waals surface area contributed by atoms with Gasteiger partial charge < -0.3 is 15.5 Å². The lowest BCUT2D eigenvalue weighted by molar-refractivity contribution is 0.280. The first kappa shape index (κ1) is 39.2. The Hall–Kier alpha value is -2.84. The second-order valence-corrected chi connectivity index (χ2v) is 13.1. The van der Waals surface area contributed by atoms with Crippen LogP contribution in [0.3, 0.4) is 0 Å². The molecule has 1 heterocycles. The summed E-state index contributed by atoms with van der Waals surface area (Å²) in [5.74, 6) is 2.51. The van der Waals surface area contributed by atoms with Crippen LogP contribution in [-0.2, 0) is 16.4 Å². The van der Waals surface area contributed by atoms with Crippen LogP contribution >= 0.6 is 0 Å². The van der Waals surface area contributed by atoms with Gasteiger partial charge in [-0.05, 0) is 85.8 Å². The van der Waals surface area contributed by atoms with E-state index in [1.165, 1.54) is 36.1 Å². The normalized spacial score (nSPS) is 22.5. The molecule has 44 heavy (non-hydrogen) atoms. The van der Waals surface area contributed by atoms with Crippen LogP contribution in [0.5, 0.6) is 11.5 Å². The lowest BCUT2D eigenvalue weighted by atomic mass is 9.80. The molecule has 2 aliphatic carbocycles. The number of hydrogen-bond donors (Lipinski definition) is 4. The number of sulfonamides is 1. The minimum atomic E-state index is -3.70. The molecule has 0 bridgehead atoms. The Morgan fingerprint density at radius 2 is 1.50 bits per heavy atom. The van der Waals surface area contributed by atoms with Gasteiger partial charge in [0.15, 0.2) is 0 Å². The molecule has 7 nitrogen and oxygen atoms in total. The summed E-state index contributed by atoms with van der Waals surface area (Å²) in [6.07, 6.45) is 9.56. The molecule has 0 aromatic heterocycles. The maximum Gasteiger partial charge on any atom is 0.244 e. The number of aryl methyl sites for hydroxylation is 1. The standard InChI is InChI=1S/C26H33N3O4S.2C3H8.C2H6.C2H4/c30-20-10-11-21-19(13-20)9-12-23-22(21)14-26(29-23)27-15-17-5-7-18(8-6-17)16-28-34(32,33)25-4-2-1-3-24(25)31;2*1-3-2;2*1-2/h1-4,10-11,13,17-18,22-23,28,30-31H,5-9,12,14-16H2,(H,27,29);2*3H2,1-2H3;1-2H3;1-2H2. The molecule has 1 saturated heterocycles. The molecule has 2 unspecified atom stereocenters. The van der Waals surface area contributed by atoms with Gasteiger partial charge in [0, 0.05) is 31.5 Å². The SMILES string of the molecule is C=C.CC.CCC.CCC.O=S(=O)(NCC1CCC(CN=C2CC3c4ccc(O)cc4CCC3N2)CC1)c1ccccc1O. The zero-order valence-corrected chi connectivity index (χ0v) is 28.9. The third-order valence-corrected chi connectivity index (χ3v) is 9.20. The third kappa shape index (κ3) is 11.9. The molecule has 2 aromatic carbocycles. The summed E-state index contributed by atoms with van der Waals surface area (Å²) in [6.45, 7) is 19.7. The largest absolute Gasteiger partial charge is 0.508 e. The Morgan fingerprint density at radius 1 is 0.909 bits per heavy atom. The number of fused-ring (bicyclic) bond motifs is 3. The molecular formula is C36H59N3O4S. The lowest BCUT2D eigenvalue weighted by Gasteiger charge is -2.28. The molecule has 2 atom stereocenters. The highest BCUT2D eigenvalue weighted by atomic mass is 32.2. The molecule has 2 fully saturated rings. The average molecular weight is 630 g/mol. The topological polar surface area (TPSA) is 111 Å². The van der Waals surface area contributed by atoms with Crippen LogP contribution < -0.4 is 10.0 Å². The smallest absolute Gasteiger partial charge is 0.244 e. The average Bonchev–Trinajstić information content (AvgIpc) is 3.46. The molecule has 1 saturated carbocycles. The maximum atomic E-state index is 12.5. The summed E-state index contributed by atoms with van der Waals surface area (Å²) in [5, 5.41) is 23.3. The van der Waals surface area contributed by atoms with Crippen LogP contribution in [0.1, 0.15) is 110 Å². The van der Waals surface area contributed by atoms with Gasteiger partial charge in [0.1, 0.15) is 16.4 Å². The van der Waals surface area contributed by atoms with E-state index in [2.05, 4.69) is 57.0 Å². The molecule has 2 aromatic rings. The number of phenolic OH excluding ortho intramolecular Hbond substituents is 2. The summed E-state index contributed by atoms with van der Waals surface area (Å²) in [6, 6.07) is 12.2. The van der Waals surface area contributed by atoms with Crippen molar-refractivity contribution >= 4 is 15.9 Å². The van der Waals surface area contributed by atoms with Crippen LogP contribution in [-0.4, -0.2) is 43.6 Å². The number of amidine groups is 1. The Kier molecular flexibility index (Phi) is 18.7. The van der Waals surface area contributed by atoms with Gasteiger partial charge in [-0.15, -0.1) is 13.2 Å². The van der Waals surface area contributed by atoms with Gasteiger partial charge in [-0.1, -0.05) is 72.6 Å². The van der Waals surface area contributed by atoms with E-state index in [1.807, 2.05) is 19.9 Å². The molecular weight excluding hydrogens is 570 g/mol.